The zero-order valence-corrected chi connectivity index (χ0v) is 12.6. The van der Waals surface area contributed by atoms with E-state index in [1.165, 1.54) is 18.3 Å². The van der Waals surface area contributed by atoms with Crippen LogP contribution in [0.3, 0.4) is 0 Å². The Kier molecular flexibility index (Phi) is 4.89. The van der Waals surface area contributed by atoms with Crippen molar-refractivity contribution < 1.29 is 14.4 Å². The number of hydrazone groups is 1. The molecule has 0 saturated carbocycles. The lowest BCUT2D eigenvalue weighted by atomic mass is 10.1. The van der Waals surface area contributed by atoms with Gasteiger partial charge in [-0.1, -0.05) is 12.2 Å². The number of thiocarbonyl (C=S) groups is 1. The fourth-order valence-corrected chi connectivity index (χ4v) is 1.76. The van der Waals surface area contributed by atoms with Crippen molar-refractivity contribution >= 4 is 29.2 Å². The molecule has 0 spiro atoms. The average Bonchev–Trinajstić information content (AvgIpc) is 2.91. The standard InChI is InChI=1S/C13H14N4O4S/c1-8(2)5-14-13(22)16-15-6-9-3-11-12(21-7-20-11)4-10(9)17(18)19/h3-4,6H,1,5,7H2,2H3,(H2,14,16,22)/b15-6-. The number of benzene rings is 1. The third-order valence-corrected chi connectivity index (χ3v) is 2.87. The van der Waals surface area contributed by atoms with Gasteiger partial charge in [-0.3, -0.25) is 15.5 Å². The maximum Gasteiger partial charge on any atom is 0.282 e. The highest BCUT2D eigenvalue weighted by molar-refractivity contribution is 7.80. The summed E-state index contributed by atoms with van der Waals surface area (Å²) < 4.78 is 10.3. The predicted octanol–water partition coefficient (Wildman–Crippen LogP) is 1.70. The smallest absolute Gasteiger partial charge is 0.282 e. The van der Waals surface area contributed by atoms with Crippen molar-refractivity contribution in [2.45, 2.75) is 6.92 Å². The highest BCUT2D eigenvalue weighted by atomic mass is 32.1. The van der Waals surface area contributed by atoms with E-state index in [0.29, 0.717) is 23.2 Å². The molecule has 0 radical (unpaired) electrons. The van der Waals surface area contributed by atoms with Gasteiger partial charge in [-0.25, -0.2) is 0 Å². The van der Waals surface area contributed by atoms with E-state index in [1.54, 1.807) is 0 Å². The zero-order valence-electron chi connectivity index (χ0n) is 11.8. The lowest BCUT2D eigenvalue weighted by Gasteiger charge is -2.06. The van der Waals surface area contributed by atoms with Gasteiger partial charge < -0.3 is 14.8 Å². The predicted molar refractivity (Wildman–Crippen MR) is 85.4 cm³/mol. The molecule has 0 unspecified atom stereocenters. The molecule has 0 aliphatic carbocycles. The van der Waals surface area contributed by atoms with E-state index in [0.717, 1.165) is 5.57 Å². The van der Waals surface area contributed by atoms with Crippen LogP contribution in [0.4, 0.5) is 5.69 Å². The Labute approximate surface area is 131 Å². The number of ether oxygens (including phenoxy) is 2. The number of nitrogens with zero attached hydrogens (tertiary/aromatic N) is 2. The van der Waals surface area contributed by atoms with Gasteiger partial charge in [0.25, 0.3) is 5.69 Å². The zero-order chi connectivity index (χ0) is 16.1. The molecule has 0 fully saturated rings. The summed E-state index contributed by atoms with van der Waals surface area (Å²) in [5, 5.41) is 18.1. The first-order valence-electron chi connectivity index (χ1n) is 6.26. The van der Waals surface area contributed by atoms with E-state index in [9.17, 15) is 10.1 Å². The summed E-state index contributed by atoms with van der Waals surface area (Å²) in [6, 6.07) is 2.80. The van der Waals surface area contributed by atoms with Gasteiger partial charge >= 0.3 is 0 Å². The summed E-state index contributed by atoms with van der Waals surface area (Å²) in [4.78, 5) is 10.6. The Morgan fingerprint density at radius 2 is 2.23 bits per heavy atom. The van der Waals surface area contributed by atoms with Gasteiger partial charge in [0.15, 0.2) is 16.6 Å². The number of hydrogen-bond donors (Lipinski definition) is 2. The number of hydrogen-bond acceptors (Lipinski definition) is 6. The highest BCUT2D eigenvalue weighted by Gasteiger charge is 2.22. The van der Waals surface area contributed by atoms with Gasteiger partial charge in [0.2, 0.25) is 6.79 Å². The molecule has 0 bridgehead atoms. The summed E-state index contributed by atoms with van der Waals surface area (Å²) in [6.07, 6.45) is 1.30. The number of nitro groups is 1. The van der Waals surface area contributed by atoms with Gasteiger partial charge in [0, 0.05) is 6.54 Å². The molecule has 2 rings (SSSR count). The molecule has 0 aromatic heterocycles. The Morgan fingerprint density at radius 1 is 1.55 bits per heavy atom. The van der Waals surface area contributed by atoms with Crippen LogP contribution >= 0.6 is 12.2 Å². The fourth-order valence-electron chi connectivity index (χ4n) is 1.64. The van der Waals surface area contributed by atoms with Crippen LogP contribution < -0.4 is 20.2 Å². The summed E-state index contributed by atoms with van der Waals surface area (Å²) in [5.74, 6) is 0.783. The summed E-state index contributed by atoms with van der Waals surface area (Å²) in [5.41, 5.74) is 3.64. The second-order valence-electron chi connectivity index (χ2n) is 4.53. The molecule has 8 nitrogen and oxygen atoms in total. The molecule has 0 amide bonds. The van der Waals surface area contributed by atoms with E-state index in [-0.39, 0.29) is 18.0 Å². The second-order valence-corrected chi connectivity index (χ2v) is 4.94. The molecule has 1 aliphatic rings. The molecule has 1 aromatic rings. The SMILES string of the molecule is C=C(C)CNC(=S)N/N=C\c1cc2c(cc1[N+](=O)[O-])OCO2. The van der Waals surface area contributed by atoms with Crippen molar-refractivity contribution in [2.75, 3.05) is 13.3 Å². The third kappa shape index (κ3) is 3.92. The lowest BCUT2D eigenvalue weighted by Crippen LogP contribution is -2.32. The molecule has 0 saturated heterocycles. The van der Waals surface area contributed by atoms with Gasteiger partial charge in [0.05, 0.1) is 22.8 Å². The molecule has 116 valence electrons. The molecule has 1 heterocycles. The molecule has 2 N–H and O–H groups in total. The molecular weight excluding hydrogens is 308 g/mol. The number of nitro benzene ring substituents is 1. The minimum Gasteiger partial charge on any atom is -0.454 e. The fraction of sp³-hybridized carbons (Fsp3) is 0.231. The normalized spacial score (nSPS) is 12.2. The van der Waals surface area contributed by atoms with Crippen LogP contribution in [-0.4, -0.2) is 29.6 Å². The molecule has 1 aliphatic heterocycles. The quantitative estimate of drug-likeness (QED) is 0.280. The Hall–Kier alpha value is -2.68. The van der Waals surface area contributed by atoms with Gasteiger partial charge in [0.1, 0.15) is 0 Å². The second kappa shape index (κ2) is 6.85. The van der Waals surface area contributed by atoms with Crippen molar-refractivity contribution in [1.82, 2.24) is 10.7 Å². The average molecular weight is 322 g/mol. The van der Waals surface area contributed by atoms with E-state index < -0.39 is 4.92 Å². The van der Waals surface area contributed by atoms with Gasteiger partial charge in [-0.05, 0) is 25.2 Å². The monoisotopic (exact) mass is 322 g/mol. The topological polar surface area (TPSA) is 98.0 Å². The van der Waals surface area contributed by atoms with Crippen LogP contribution in [0.1, 0.15) is 12.5 Å². The van der Waals surface area contributed by atoms with Crippen LogP contribution in [0.2, 0.25) is 0 Å². The van der Waals surface area contributed by atoms with Crippen LogP contribution in [-0.2, 0) is 0 Å². The first-order chi connectivity index (χ1) is 10.5. The summed E-state index contributed by atoms with van der Waals surface area (Å²) >= 11 is 5.00. The highest BCUT2D eigenvalue weighted by Crippen LogP contribution is 2.37. The molecule has 1 aromatic carbocycles. The van der Waals surface area contributed by atoms with E-state index in [2.05, 4.69) is 22.4 Å². The maximum absolute atomic E-state index is 11.1. The molecule has 22 heavy (non-hydrogen) atoms. The van der Waals surface area contributed by atoms with Crippen molar-refractivity contribution in [3.05, 3.63) is 40.0 Å². The molecular formula is C13H14N4O4S. The van der Waals surface area contributed by atoms with Gasteiger partial charge in [-0.2, -0.15) is 5.10 Å². The Balaban J connectivity index is 2.08. The van der Waals surface area contributed by atoms with Crippen molar-refractivity contribution in [2.24, 2.45) is 5.10 Å². The van der Waals surface area contributed by atoms with Crippen molar-refractivity contribution in [3.8, 4) is 11.5 Å². The van der Waals surface area contributed by atoms with Crippen molar-refractivity contribution in [1.29, 1.82) is 0 Å². The van der Waals surface area contributed by atoms with E-state index >= 15 is 0 Å². The van der Waals surface area contributed by atoms with E-state index in [1.807, 2.05) is 6.92 Å². The lowest BCUT2D eigenvalue weighted by molar-refractivity contribution is -0.385. The van der Waals surface area contributed by atoms with E-state index in [4.69, 9.17) is 21.7 Å². The Bertz CT molecular complexity index is 660. The third-order valence-electron chi connectivity index (χ3n) is 2.64. The first kappa shape index (κ1) is 15.7. The summed E-state index contributed by atoms with van der Waals surface area (Å²) in [6.45, 7) is 6.15. The first-order valence-corrected chi connectivity index (χ1v) is 6.67. The molecule has 0 atom stereocenters. The van der Waals surface area contributed by atoms with Crippen LogP contribution in [0, 0.1) is 10.1 Å². The number of nitrogens with one attached hydrogen (secondary N) is 2. The maximum atomic E-state index is 11.1. The Morgan fingerprint density at radius 3 is 2.86 bits per heavy atom. The number of rotatable bonds is 5. The minimum atomic E-state index is -0.513. The van der Waals surface area contributed by atoms with Crippen molar-refractivity contribution in [3.63, 3.8) is 0 Å². The van der Waals surface area contributed by atoms with Crippen LogP contribution in [0.15, 0.2) is 29.4 Å². The molecule has 9 heteroatoms. The summed E-state index contributed by atoms with van der Waals surface area (Å²) in [7, 11) is 0. The minimum absolute atomic E-state index is 0.0419. The largest absolute Gasteiger partial charge is 0.454 e. The number of fused-ring (bicyclic) bond motifs is 1. The van der Waals surface area contributed by atoms with Crippen LogP contribution in [0.25, 0.3) is 0 Å². The van der Waals surface area contributed by atoms with Gasteiger partial charge in [-0.15, -0.1) is 0 Å². The van der Waals surface area contributed by atoms with Crippen LogP contribution in [0.5, 0.6) is 11.5 Å².